The van der Waals surface area contributed by atoms with E-state index in [-0.39, 0.29) is 0 Å². The fourth-order valence-corrected chi connectivity index (χ4v) is 2.17. The Morgan fingerprint density at radius 2 is 1.50 bits per heavy atom. The van der Waals surface area contributed by atoms with Gasteiger partial charge in [0.05, 0.1) is 13.2 Å². The molecule has 0 N–H and O–H groups in total. The van der Waals surface area contributed by atoms with Crippen LogP contribution in [0, 0.1) is 11.3 Å². The zero-order valence-electron chi connectivity index (χ0n) is 10.2. The van der Waals surface area contributed by atoms with Crippen LogP contribution in [-0.2, 0) is 19.1 Å². The molecule has 0 heterocycles. The first-order valence-electron chi connectivity index (χ1n) is 5.95. The van der Waals surface area contributed by atoms with Crippen molar-refractivity contribution >= 4 is 11.9 Å². The standard InChI is InChI=1S/C12H20O4/c1-4-9-7-12(8-9,10(13)15-5-2)11(14)16-6-3/h9H,4-8H2,1-3H3. The van der Waals surface area contributed by atoms with Gasteiger partial charge in [0.25, 0.3) is 0 Å². The molecular weight excluding hydrogens is 208 g/mol. The number of rotatable bonds is 5. The van der Waals surface area contributed by atoms with Crippen molar-refractivity contribution in [3.8, 4) is 0 Å². The first-order valence-corrected chi connectivity index (χ1v) is 5.95. The van der Waals surface area contributed by atoms with Gasteiger partial charge in [-0.05, 0) is 32.6 Å². The third-order valence-corrected chi connectivity index (χ3v) is 3.18. The molecule has 92 valence electrons. The van der Waals surface area contributed by atoms with Gasteiger partial charge in [-0.1, -0.05) is 13.3 Å². The smallest absolute Gasteiger partial charge is 0.323 e. The summed E-state index contributed by atoms with van der Waals surface area (Å²) in [5, 5.41) is 0. The van der Waals surface area contributed by atoms with Gasteiger partial charge in [-0.25, -0.2) is 0 Å². The van der Waals surface area contributed by atoms with E-state index in [1.165, 1.54) is 0 Å². The van der Waals surface area contributed by atoms with E-state index in [4.69, 9.17) is 9.47 Å². The number of carbonyl (C=O) groups is 2. The first kappa shape index (κ1) is 13.0. The number of esters is 2. The second kappa shape index (κ2) is 5.32. The van der Waals surface area contributed by atoms with Crippen LogP contribution in [0.2, 0.25) is 0 Å². The van der Waals surface area contributed by atoms with E-state index in [1.54, 1.807) is 13.8 Å². The molecule has 0 aliphatic heterocycles. The highest BCUT2D eigenvalue weighted by Gasteiger charge is 2.57. The molecule has 1 aliphatic carbocycles. The van der Waals surface area contributed by atoms with Crippen LogP contribution in [0.5, 0.6) is 0 Å². The Morgan fingerprint density at radius 3 is 1.81 bits per heavy atom. The fourth-order valence-electron chi connectivity index (χ4n) is 2.17. The Morgan fingerprint density at radius 1 is 1.06 bits per heavy atom. The predicted molar refractivity (Wildman–Crippen MR) is 58.7 cm³/mol. The van der Waals surface area contributed by atoms with E-state index in [2.05, 4.69) is 6.92 Å². The molecule has 0 aromatic heterocycles. The fraction of sp³-hybridized carbons (Fsp3) is 0.833. The molecule has 1 aliphatic rings. The molecule has 0 atom stereocenters. The molecule has 0 spiro atoms. The molecule has 0 aromatic carbocycles. The topological polar surface area (TPSA) is 52.6 Å². The van der Waals surface area contributed by atoms with Gasteiger partial charge in [-0.15, -0.1) is 0 Å². The lowest BCUT2D eigenvalue weighted by Gasteiger charge is -2.42. The van der Waals surface area contributed by atoms with Crippen LogP contribution >= 0.6 is 0 Å². The minimum Gasteiger partial charge on any atom is -0.465 e. The molecule has 0 aromatic rings. The van der Waals surface area contributed by atoms with E-state index >= 15 is 0 Å². The number of ether oxygens (including phenoxy) is 2. The molecule has 1 saturated carbocycles. The van der Waals surface area contributed by atoms with Crippen molar-refractivity contribution in [3.05, 3.63) is 0 Å². The maximum Gasteiger partial charge on any atom is 0.323 e. The van der Waals surface area contributed by atoms with Crippen LogP contribution in [0.15, 0.2) is 0 Å². The maximum absolute atomic E-state index is 11.8. The lowest BCUT2D eigenvalue weighted by Crippen LogP contribution is -2.51. The van der Waals surface area contributed by atoms with E-state index in [0.717, 1.165) is 6.42 Å². The SMILES string of the molecule is CCOC(=O)C1(C(=O)OCC)CC(CC)C1. The number of hydrogen-bond donors (Lipinski definition) is 0. The highest BCUT2D eigenvalue weighted by atomic mass is 16.6. The molecule has 1 fully saturated rings. The quantitative estimate of drug-likeness (QED) is 0.533. The Balaban J connectivity index is 2.71. The molecule has 16 heavy (non-hydrogen) atoms. The van der Waals surface area contributed by atoms with Crippen LogP contribution in [-0.4, -0.2) is 25.2 Å². The first-order chi connectivity index (χ1) is 7.60. The Bertz CT molecular complexity index is 246. The van der Waals surface area contributed by atoms with Crippen molar-refractivity contribution in [3.63, 3.8) is 0 Å². The van der Waals surface area contributed by atoms with Gasteiger partial charge in [0.15, 0.2) is 5.41 Å². The van der Waals surface area contributed by atoms with Crippen molar-refractivity contribution in [1.82, 2.24) is 0 Å². The summed E-state index contributed by atoms with van der Waals surface area (Å²) in [6, 6.07) is 0. The second-order valence-electron chi connectivity index (χ2n) is 4.21. The largest absolute Gasteiger partial charge is 0.465 e. The Hall–Kier alpha value is -1.06. The van der Waals surface area contributed by atoms with Gasteiger partial charge in [-0.2, -0.15) is 0 Å². The minimum absolute atomic E-state index is 0.302. The number of carbonyl (C=O) groups excluding carboxylic acids is 2. The third kappa shape index (κ3) is 2.20. The Labute approximate surface area is 96.3 Å². The molecule has 4 heteroatoms. The molecule has 1 rings (SSSR count). The van der Waals surface area contributed by atoms with Crippen LogP contribution in [0.1, 0.15) is 40.0 Å². The summed E-state index contributed by atoms with van der Waals surface area (Å²) in [5.74, 6) is -0.398. The number of hydrogen-bond acceptors (Lipinski definition) is 4. The van der Waals surface area contributed by atoms with E-state index in [9.17, 15) is 9.59 Å². The van der Waals surface area contributed by atoms with Gasteiger partial charge in [0.2, 0.25) is 0 Å². The van der Waals surface area contributed by atoms with Gasteiger partial charge in [0, 0.05) is 0 Å². The van der Waals surface area contributed by atoms with E-state index in [0.29, 0.717) is 32.0 Å². The van der Waals surface area contributed by atoms with Crippen LogP contribution in [0.3, 0.4) is 0 Å². The third-order valence-electron chi connectivity index (χ3n) is 3.18. The van der Waals surface area contributed by atoms with Crippen LogP contribution < -0.4 is 0 Å². The lowest BCUT2D eigenvalue weighted by molar-refractivity contribution is -0.183. The second-order valence-corrected chi connectivity index (χ2v) is 4.21. The molecule has 0 saturated heterocycles. The van der Waals surface area contributed by atoms with Gasteiger partial charge in [0.1, 0.15) is 0 Å². The predicted octanol–water partition coefficient (Wildman–Crippen LogP) is 1.92. The van der Waals surface area contributed by atoms with E-state index in [1.807, 2.05) is 0 Å². The monoisotopic (exact) mass is 228 g/mol. The maximum atomic E-state index is 11.8. The summed E-state index contributed by atoms with van der Waals surface area (Å²) >= 11 is 0. The van der Waals surface area contributed by atoms with Crippen LogP contribution in [0.4, 0.5) is 0 Å². The van der Waals surface area contributed by atoms with Crippen molar-refractivity contribution in [1.29, 1.82) is 0 Å². The summed E-state index contributed by atoms with van der Waals surface area (Å²) in [4.78, 5) is 23.6. The molecular formula is C12H20O4. The minimum atomic E-state index is -1.01. The average molecular weight is 228 g/mol. The average Bonchev–Trinajstić information content (AvgIpc) is 2.17. The molecule has 0 amide bonds. The highest BCUT2D eigenvalue weighted by Crippen LogP contribution is 2.49. The van der Waals surface area contributed by atoms with Gasteiger partial charge >= 0.3 is 11.9 Å². The summed E-state index contributed by atoms with van der Waals surface area (Å²) in [6.45, 7) is 6.15. The van der Waals surface area contributed by atoms with Crippen molar-refractivity contribution in [2.24, 2.45) is 11.3 Å². The van der Waals surface area contributed by atoms with Crippen LogP contribution in [0.25, 0.3) is 0 Å². The highest BCUT2D eigenvalue weighted by molar-refractivity contribution is 6.01. The van der Waals surface area contributed by atoms with Gasteiger partial charge < -0.3 is 9.47 Å². The zero-order valence-corrected chi connectivity index (χ0v) is 10.2. The molecule has 0 radical (unpaired) electrons. The van der Waals surface area contributed by atoms with Gasteiger partial charge in [-0.3, -0.25) is 9.59 Å². The van der Waals surface area contributed by atoms with Crippen molar-refractivity contribution in [2.75, 3.05) is 13.2 Å². The van der Waals surface area contributed by atoms with Crippen molar-refractivity contribution in [2.45, 2.75) is 40.0 Å². The summed E-state index contributed by atoms with van der Waals surface area (Å²) < 4.78 is 9.94. The summed E-state index contributed by atoms with van der Waals surface area (Å²) in [7, 11) is 0. The lowest BCUT2D eigenvalue weighted by atomic mass is 9.61. The zero-order chi connectivity index (χ0) is 12.2. The van der Waals surface area contributed by atoms with Crippen molar-refractivity contribution < 1.29 is 19.1 Å². The summed E-state index contributed by atoms with van der Waals surface area (Å²) in [6.07, 6.45) is 2.13. The van der Waals surface area contributed by atoms with E-state index < -0.39 is 17.4 Å². The normalized spacial score (nSPS) is 18.7. The molecule has 0 bridgehead atoms. The molecule has 4 nitrogen and oxygen atoms in total. The Kier molecular flexibility index (Phi) is 4.33. The summed E-state index contributed by atoms with van der Waals surface area (Å²) in [5.41, 5.74) is -1.01. The molecule has 0 unspecified atom stereocenters.